The molecule has 2 heterocycles. The van der Waals surface area contributed by atoms with Gasteiger partial charge in [0, 0.05) is 32.2 Å². The Hall–Kier alpha value is -2.01. The van der Waals surface area contributed by atoms with Gasteiger partial charge < -0.3 is 15.0 Å². The summed E-state index contributed by atoms with van der Waals surface area (Å²) in [4.78, 5) is 17.1. The van der Waals surface area contributed by atoms with Gasteiger partial charge in [-0.2, -0.15) is 0 Å². The number of carbonyl (C=O) groups is 1. The number of benzene rings is 1. The van der Waals surface area contributed by atoms with Crippen molar-refractivity contribution in [1.29, 1.82) is 0 Å². The van der Waals surface area contributed by atoms with Crippen LogP contribution in [0, 0.1) is 0 Å². The molecule has 3 aliphatic rings. The number of likely N-dealkylation sites (tertiary alicyclic amines) is 1. The highest BCUT2D eigenvalue weighted by atomic mass is 16.5. The Labute approximate surface area is 149 Å². The zero-order valence-electron chi connectivity index (χ0n) is 14.7. The molecule has 5 nitrogen and oxygen atoms in total. The van der Waals surface area contributed by atoms with Gasteiger partial charge in [0.2, 0.25) is 0 Å². The number of ether oxygens (including phenoxy) is 1. The van der Waals surface area contributed by atoms with Crippen molar-refractivity contribution in [3.8, 4) is 5.75 Å². The first kappa shape index (κ1) is 16.5. The molecule has 5 heteroatoms. The van der Waals surface area contributed by atoms with Gasteiger partial charge in [0.1, 0.15) is 5.75 Å². The number of amides is 2. The van der Waals surface area contributed by atoms with Gasteiger partial charge in [-0.1, -0.05) is 24.3 Å². The number of hydrogen-bond donors (Lipinski definition) is 1. The standard InChI is InChI=1S/C20H27N3O2/c24-20(23-14-11-16(15-23)22-12-5-6-13-22)21-18-9-3-4-10-19(18)25-17-7-1-2-8-17/h3-6,9-10,16-17H,1-2,7-8,11-15H2,(H,21,24). The van der Waals surface area contributed by atoms with E-state index in [1.54, 1.807) is 0 Å². The van der Waals surface area contributed by atoms with E-state index in [2.05, 4.69) is 22.4 Å². The lowest BCUT2D eigenvalue weighted by Gasteiger charge is -2.24. The second kappa shape index (κ2) is 7.48. The van der Waals surface area contributed by atoms with Gasteiger partial charge in [-0.3, -0.25) is 4.90 Å². The molecule has 1 unspecified atom stereocenters. The van der Waals surface area contributed by atoms with E-state index < -0.39 is 0 Å². The Bertz CT molecular complexity index is 632. The third kappa shape index (κ3) is 3.82. The van der Waals surface area contributed by atoms with Crippen LogP contribution in [-0.2, 0) is 0 Å². The molecule has 1 saturated heterocycles. The fraction of sp³-hybridized carbons (Fsp3) is 0.550. The van der Waals surface area contributed by atoms with E-state index in [-0.39, 0.29) is 12.1 Å². The number of carbonyl (C=O) groups excluding carboxylic acids is 1. The quantitative estimate of drug-likeness (QED) is 0.853. The first-order chi connectivity index (χ1) is 12.3. The molecular formula is C20H27N3O2. The molecule has 0 spiro atoms. The van der Waals surface area contributed by atoms with E-state index in [4.69, 9.17) is 4.74 Å². The van der Waals surface area contributed by atoms with Crippen LogP contribution in [0.15, 0.2) is 36.4 Å². The van der Waals surface area contributed by atoms with Gasteiger partial charge >= 0.3 is 6.03 Å². The smallest absolute Gasteiger partial charge is 0.322 e. The highest BCUT2D eigenvalue weighted by molar-refractivity contribution is 5.91. The fourth-order valence-electron chi connectivity index (χ4n) is 4.07. The Balaban J connectivity index is 1.36. The predicted octanol–water partition coefficient (Wildman–Crippen LogP) is 3.49. The van der Waals surface area contributed by atoms with Crippen molar-refractivity contribution in [2.75, 3.05) is 31.5 Å². The Morgan fingerprint density at radius 2 is 1.84 bits per heavy atom. The number of nitrogens with one attached hydrogen (secondary N) is 1. The molecule has 25 heavy (non-hydrogen) atoms. The highest BCUT2D eigenvalue weighted by Crippen LogP contribution is 2.30. The fourth-order valence-corrected chi connectivity index (χ4v) is 4.07. The summed E-state index contributed by atoms with van der Waals surface area (Å²) < 4.78 is 6.12. The summed E-state index contributed by atoms with van der Waals surface area (Å²) in [6, 6.07) is 8.26. The van der Waals surface area contributed by atoms with Crippen LogP contribution in [0.25, 0.3) is 0 Å². The third-order valence-electron chi connectivity index (χ3n) is 5.54. The van der Waals surface area contributed by atoms with Crippen LogP contribution in [0.1, 0.15) is 32.1 Å². The monoisotopic (exact) mass is 341 g/mol. The van der Waals surface area contributed by atoms with Crippen molar-refractivity contribution in [3.05, 3.63) is 36.4 Å². The van der Waals surface area contributed by atoms with Crippen LogP contribution < -0.4 is 10.1 Å². The molecule has 1 aromatic rings. The molecule has 1 aliphatic carbocycles. The summed E-state index contributed by atoms with van der Waals surface area (Å²) in [5.74, 6) is 0.794. The predicted molar refractivity (Wildman–Crippen MR) is 99.0 cm³/mol. The molecule has 1 atom stereocenters. The van der Waals surface area contributed by atoms with Gasteiger partial charge in [-0.05, 0) is 44.2 Å². The largest absolute Gasteiger partial charge is 0.488 e. The number of nitrogens with zero attached hydrogens (tertiary/aromatic N) is 2. The maximum absolute atomic E-state index is 12.7. The lowest BCUT2D eigenvalue weighted by molar-refractivity contribution is 0.207. The zero-order valence-corrected chi connectivity index (χ0v) is 14.7. The molecule has 0 bridgehead atoms. The Kier molecular flexibility index (Phi) is 4.92. The van der Waals surface area contributed by atoms with Crippen LogP contribution in [0.3, 0.4) is 0 Å². The lowest BCUT2D eigenvalue weighted by Crippen LogP contribution is -2.39. The summed E-state index contributed by atoms with van der Waals surface area (Å²) in [6.07, 6.45) is 10.4. The minimum Gasteiger partial charge on any atom is -0.488 e. The second-order valence-corrected chi connectivity index (χ2v) is 7.26. The van der Waals surface area contributed by atoms with Crippen molar-refractivity contribution in [2.45, 2.75) is 44.2 Å². The Morgan fingerprint density at radius 3 is 2.64 bits per heavy atom. The molecule has 1 N–H and O–H groups in total. The number of rotatable bonds is 4. The molecule has 134 valence electrons. The van der Waals surface area contributed by atoms with Crippen molar-refractivity contribution in [2.24, 2.45) is 0 Å². The van der Waals surface area contributed by atoms with Crippen molar-refractivity contribution in [3.63, 3.8) is 0 Å². The topological polar surface area (TPSA) is 44.8 Å². The van der Waals surface area contributed by atoms with Crippen LogP contribution in [-0.4, -0.2) is 54.2 Å². The van der Waals surface area contributed by atoms with E-state index in [9.17, 15) is 4.79 Å². The molecular weight excluding hydrogens is 314 g/mol. The number of urea groups is 1. The zero-order chi connectivity index (χ0) is 17.1. The molecule has 4 rings (SSSR count). The Morgan fingerprint density at radius 1 is 1.08 bits per heavy atom. The van der Waals surface area contributed by atoms with Crippen LogP contribution in [0.5, 0.6) is 5.75 Å². The van der Waals surface area contributed by atoms with Crippen molar-refractivity contribution >= 4 is 11.7 Å². The first-order valence-electron chi connectivity index (χ1n) is 9.50. The van der Waals surface area contributed by atoms with Crippen molar-refractivity contribution < 1.29 is 9.53 Å². The second-order valence-electron chi connectivity index (χ2n) is 7.26. The molecule has 0 aromatic heterocycles. The average Bonchev–Trinajstić information content (AvgIpc) is 3.38. The summed E-state index contributed by atoms with van der Waals surface area (Å²) in [5, 5.41) is 3.07. The highest BCUT2D eigenvalue weighted by Gasteiger charge is 2.31. The van der Waals surface area contributed by atoms with E-state index in [0.29, 0.717) is 6.04 Å². The molecule has 1 saturated carbocycles. The van der Waals surface area contributed by atoms with Gasteiger partial charge in [0.05, 0.1) is 11.8 Å². The third-order valence-corrected chi connectivity index (χ3v) is 5.54. The molecule has 1 aromatic carbocycles. The minimum atomic E-state index is -0.0165. The number of anilines is 1. The summed E-state index contributed by atoms with van der Waals surface area (Å²) in [7, 11) is 0. The SMILES string of the molecule is O=C(Nc1ccccc1OC1CCCC1)N1CCC(N2CC=CC2)C1. The first-order valence-corrected chi connectivity index (χ1v) is 9.50. The summed E-state index contributed by atoms with van der Waals surface area (Å²) in [5.41, 5.74) is 0.783. The molecule has 2 aliphatic heterocycles. The average molecular weight is 341 g/mol. The number of hydrogen-bond acceptors (Lipinski definition) is 3. The van der Waals surface area contributed by atoms with E-state index in [1.165, 1.54) is 12.8 Å². The maximum Gasteiger partial charge on any atom is 0.322 e. The van der Waals surface area contributed by atoms with Gasteiger partial charge in [-0.25, -0.2) is 4.79 Å². The van der Waals surface area contributed by atoms with E-state index >= 15 is 0 Å². The number of para-hydroxylation sites is 2. The van der Waals surface area contributed by atoms with Crippen molar-refractivity contribution in [1.82, 2.24) is 9.80 Å². The van der Waals surface area contributed by atoms with E-state index in [1.807, 2.05) is 29.2 Å². The maximum atomic E-state index is 12.7. The molecule has 0 radical (unpaired) electrons. The van der Waals surface area contributed by atoms with Crippen LogP contribution in [0.2, 0.25) is 0 Å². The minimum absolute atomic E-state index is 0.0165. The summed E-state index contributed by atoms with van der Waals surface area (Å²) in [6.45, 7) is 3.65. The van der Waals surface area contributed by atoms with Gasteiger partial charge in [-0.15, -0.1) is 0 Å². The van der Waals surface area contributed by atoms with E-state index in [0.717, 1.165) is 56.9 Å². The molecule has 2 amide bonds. The van der Waals surface area contributed by atoms with Crippen LogP contribution in [0.4, 0.5) is 10.5 Å². The van der Waals surface area contributed by atoms with Gasteiger partial charge in [0.15, 0.2) is 0 Å². The van der Waals surface area contributed by atoms with Crippen LogP contribution >= 0.6 is 0 Å². The summed E-state index contributed by atoms with van der Waals surface area (Å²) >= 11 is 0. The normalized spacial score (nSPS) is 24.2. The lowest BCUT2D eigenvalue weighted by atomic mass is 10.2. The van der Waals surface area contributed by atoms with Gasteiger partial charge in [0.25, 0.3) is 0 Å². The molecule has 2 fully saturated rings.